The Morgan fingerprint density at radius 3 is 2.27 bits per heavy atom. The van der Waals surface area contributed by atoms with E-state index in [4.69, 9.17) is 5.73 Å². The van der Waals surface area contributed by atoms with Crippen molar-refractivity contribution in [1.29, 1.82) is 0 Å². The molecule has 2 aromatic rings. The van der Waals surface area contributed by atoms with Crippen molar-refractivity contribution >= 4 is 35.5 Å². The molecule has 16 heteroatoms. The number of likely N-dealkylation sites (tertiary alicyclic amines) is 1. The van der Waals surface area contributed by atoms with Gasteiger partial charge in [0.2, 0.25) is 29.5 Å². The average molecular weight is 777 g/mol. The number of aliphatic carboxylic acids is 1. The molecule has 5 amide bonds. The van der Waals surface area contributed by atoms with Gasteiger partial charge in [-0.15, -0.1) is 0 Å². The lowest BCUT2D eigenvalue weighted by Gasteiger charge is -2.31. The molecular weight excluding hydrogens is 720 g/mol. The maximum atomic E-state index is 14.3. The number of nitrogens with two attached hydrogens (primary N) is 1. The monoisotopic (exact) mass is 776 g/mol. The van der Waals surface area contributed by atoms with Gasteiger partial charge in [-0.25, -0.2) is 9.78 Å². The van der Waals surface area contributed by atoms with E-state index in [-0.39, 0.29) is 38.0 Å². The zero-order valence-electron chi connectivity index (χ0n) is 32.3. The number of rotatable bonds is 22. The smallest absolute Gasteiger partial charge is 0.326 e. The van der Waals surface area contributed by atoms with Gasteiger partial charge in [-0.05, 0) is 48.4 Å². The van der Waals surface area contributed by atoms with Gasteiger partial charge < -0.3 is 47.1 Å². The van der Waals surface area contributed by atoms with E-state index in [0.29, 0.717) is 42.5 Å². The molecule has 1 fully saturated rings. The number of carboxylic acid groups (broad SMARTS) is 1. The number of aromatic hydroxyl groups is 1. The molecule has 0 bridgehead atoms. The van der Waals surface area contributed by atoms with Crippen LogP contribution in [0.2, 0.25) is 0 Å². The molecule has 2 heterocycles. The highest BCUT2D eigenvalue weighted by Crippen LogP contribution is 2.21. The Labute approximate surface area is 327 Å². The van der Waals surface area contributed by atoms with Crippen molar-refractivity contribution in [3.8, 4) is 5.75 Å². The number of imidazole rings is 1. The number of allylic oxidation sites excluding steroid dienone is 3. The van der Waals surface area contributed by atoms with Crippen LogP contribution in [-0.4, -0.2) is 103 Å². The second kappa shape index (κ2) is 21.9. The summed E-state index contributed by atoms with van der Waals surface area (Å²) in [6.45, 7) is 13.0. The number of aromatic amines is 1. The van der Waals surface area contributed by atoms with Gasteiger partial charge in [0.1, 0.15) is 36.0 Å². The zero-order valence-corrected chi connectivity index (χ0v) is 32.3. The highest BCUT2D eigenvalue weighted by Gasteiger charge is 2.40. The van der Waals surface area contributed by atoms with Crippen molar-refractivity contribution in [2.45, 2.75) is 108 Å². The lowest BCUT2D eigenvalue weighted by Crippen LogP contribution is -2.61. The molecule has 4 unspecified atom stereocenters. The largest absolute Gasteiger partial charge is 0.508 e. The Hall–Kier alpha value is -5.77. The Morgan fingerprint density at radius 1 is 0.982 bits per heavy atom. The number of benzene rings is 1. The van der Waals surface area contributed by atoms with Crippen LogP contribution in [0.15, 0.2) is 73.7 Å². The maximum absolute atomic E-state index is 14.3. The van der Waals surface area contributed by atoms with E-state index in [2.05, 4.69) is 44.4 Å². The van der Waals surface area contributed by atoms with Crippen molar-refractivity contribution in [2.24, 2.45) is 11.7 Å². The third-order valence-corrected chi connectivity index (χ3v) is 9.82. The summed E-state index contributed by atoms with van der Waals surface area (Å²) < 4.78 is 0. The van der Waals surface area contributed by atoms with Crippen LogP contribution in [0.3, 0.4) is 0 Å². The Kier molecular flexibility index (Phi) is 17.5. The summed E-state index contributed by atoms with van der Waals surface area (Å²) in [5.41, 5.74) is 7.76. The molecule has 1 saturated heterocycles. The highest BCUT2D eigenvalue weighted by atomic mass is 16.4. The number of H-pyrrole nitrogens is 1. The predicted octanol–water partition coefficient (Wildman–Crippen LogP) is 1.78. The quantitative estimate of drug-likeness (QED) is 0.0806. The van der Waals surface area contributed by atoms with Crippen LogP contribution in [0.4, 0.5) is 0 Å². The fraction of sp³-hybridized carbons (Fsp3) is 0.475. The lowest BCUT2D eigenvalue weighted by molar-refractivity contribution is -0.145. The summed E-state index contributed by atoms with van der Waals surface area (Å²) in [6, 6.07) is -0.504. The number of phenols is 1. The topological polar surface area (TPSA) is 249 Å². The third kappa shape index (κ3) is 12.9. The summed E-state index contributed by atoms with van der Waals surface area (Å²) in [5.74, 6) is -4.74. The lowest BCUT2D eigenvalue weighted by atomic mass is 9.96. The summed E-state index contributed by atoms with van der Waals surface area (Å²) in [7, 11) is 0. The van der Waals surface area contributed by atoms with E-state index < -0.39 is 77.7 Å². The van der Waals surface area contributed by atoms with Crippen molar-refractivity contribution in [3.05, 3.63) is 85.0 Å². The second-order valence-corrected chi connectivity index (χ2v) is 14.0. The molecule has 1 aliphatic heterocycles. The van der Waals surface area contributed by atoms with Crippen LogP contribution in [0.25, 0.3) is 0 Å². The minimum absolute atomic E-state index is 0.0283. The van der Waals surface area contributed by atoms with Gasteiger partial charge in [-0.3, -0.25) is 24.0 Å². The molecule has 1 aromatic heterocycles. The van der Waals surface area contributed by atoms with Gasteiger partial charge in [0, 0.05) is 37.7 Å². The van der Waals surface area contributed by atoms with Gasteiger partial charge in [0.25, 0.3) is 0 Å². The number of hydrogen-bond acceptors (Lipinski definition) is 9. The second-order valence-electron chi connectivity index (χ2n) is 14.0. The summed E-state index contributed by atoms with van der Waals surface area (Å²) >= 11 is 0. The molecule has 0 saturated carbocycles. The van der Waals surface area contributed by atoms with Gasteiger partial charge in [0.05, 0.1) is 12.4 Å². The summed E-state index contributed by atoms with van der Waals surface area (Å²) in [5, 5.41) is 30.5. The van der Waals surface area contributed by atoms with Crippen molar-refractivity contribution in [2.75, 3.05) is 6.54 Å². The fourth-order valence-corrected chi connectivity index (χ4v) is 6.41. The molecule has 9 N–H and O–H groups in total. The average Bonchev–Trinajstić information content (AvgIpc) is 3.89. The van der Waals surface area contributed by atoms with Gasteiger partial charge >= 0.3 is 5.97 Å². The molecule has 16 nitrogen and oxygen atoms in total. The molecule has 7 atom stereocenters. The van der Waals surface area contributed by atoms with Gasteiger partial charge in [0.15, 0.2) is 0 Å². The number of nitrogens with one attached hydrogen (secondary N) is 5. The third-order valence-electron chi connectivity index (χ3n) is 9.82. The van der Waals surface area contributed by atoms with Crippen LogP contribution in [-0.2, 0) is 41.6 Å². The minimum atomic E-state index is -1.30. The number of hydrogen-bond donors (Lipinski definition) is 8. The fourth-order valence-electron chi connectivity index (χ4n) is 6.41. The first kappa shape index (κ1) is 44.6. The van der Waals surface area contributed by atoms with Crippen LogP contribution in [0, 0.1) is 5.92 Å². The first-order valence-electron chi connectivity index (χ1n) is 18.9. The van der Waals surface area contributed by atoms with Crippen LogP contribution >= 0.6 is 0 Å². The first-order chi connectivity index (χ1) is 26.7. The van der Waals surface area contributed by atoms with E-state index in [1.165, 1.54) is 41.7 Å². The molecule has 1 aromatic carbocycles. The molecule has 0 spiro atoms. The standard InChI is InChI=1S/C40H56N8O8/c1-6-11-25(9-4)19-32(40(55)56)46-37(52)33-13-10-18-48(33)39(54)31(21-27-22-42-23-43-27)45-38(53)34(24(5)8-3)47-36(51)30(44-35(50)29(41)12-7-2)20-26-14-16-28(49)17-15-26/h6,9,11,14-17,22-24,29-34,49H,1,4,7-8,10,12-13,18-21,41H2,2-3,5H3,(H,42,43)(H,44,50)(H,45,53)(H,46,52)(H,47,51)(H,55,56)/b25-11+/t24?,29?,30-,31-,32-,33?,34?/m0/s1. The van der Waals surface area contributed by atoms with Gasteiger partial charge in [-0.1, -0.05) is 77.1 Å². The van der Waals surface area contributed by atoms with Crippen LogP contribution in [0.1, 0.15) is 70.6 Å². The minimum Gasteiger partial charge on any atom is -0.508 e. The van der Waals surface area contributed by atoms with E-state index in [1.807, 2.05) is 13.8 Å². The van der Waals surface area contributed by atoms with Crippen LogP contribution in [0.5, 0.6) is 5.75 Å². The van der Waals surface area contributed by atoms with E-state index in [1.54, 1.807) is 25.1 Å². The molecule has 0 radical (unpaired) electrons. The molecule has 304 valence electrons. The highest BCUT2D eigenvalue weighted by molar-refractivity contribution is 5.97. The number of carbonyl (C=O) groups excluding carboxylic acids is 5. The molecule has 56 heavy (non-hydrogen) atoms. The first-order valence-corrected chi connectivity index (χ1v) is 18.9. The van der Waals surface area contributed by atoms with Gasteiger partial charge in [-0.2, -0.15) is 0 Å². The molecule has 1 aliphatic rings. The molecule has 3 rings (SSSR count). The van der Waals surface area contributed by atoms with Crippen molar-refractivity contribution in [3.63, 3.8) is 0 Å². The Bertz CT molecular complexity index is 1710. The zero-order chi connectivity index (χ0) is 41.4. The molecular formula is C40H56N8O8. The number of nitrogens with zero attached hydrogens (tertiary/aromatic N) is 2. The summed E-state index contributed by atoms with van der Waals surface area (Å²) in [4.78, 5) is 89.3. The van der Waals surface area contributed by atoms with Crippen molar-refractivity contribution in [1.82, 2.24) is 36.1 Å². The van der Waals surface area contributed by atoms with E-state index >= 15 is 0 Å². The normalized spacial score (nSPS) is 17.3. The van der Waals surface area contributed by atoms with Crippen molar-refractivity contribution < 1.29 is 39.0 Å². The van der Waals surface area contributed by atoms with E-state index in [0.717, 1.165) is 0 Å². The number of carbonyl (C=O) groups is 6. The number of amides is 5. The molecule has 0 aliphatic carbocycles. The summed E-state index contributed by atoms with van der Waals surface area (Å²) in [6.07, 6.45) is 9.66. The number of phenolic OH excluding ortho intramolecular Hbond substituents is 1. The van der Waals surface area contributed by atoms with Crippen LogP contribution < -0.4 is 27.0 Å². The number of carboxylic acids is 1. The Morgan fingerprint density at radius 2 is 1.68 bits per heavy atom. The Balaban J connectivity index is 1.87. The van der Waals surface area contributed by atoms with E-state index in [9.17, 15) is 39.0 Å². The predicted molar refractivity (Wildman–Crippen MR) is 210 cm³/mol. The maximum Gasteiger partial charge on any atom is 0.326 e. The SMILES string of the molecule is C=C/C=C(\C=C)C[C@H](NC(=O)C1CCCN1C(=O)[C@H](Cc1cnc[nH]1)NC(=O)C(NC(=O)[C@H](Cc1ccc(O)cc1)NC(=O)C(N)CCC)C(C)CC)C(=O)O. The number of aromatic nitrogens is 2.